The zero-order chi connectivity index (χ0) is 12.7. The van der Waals surface area contributed by atoms with Gasteiger partial charge in [-0.3, -0.25) is 0 Å². The van der Waals surface area contributed by atoms with E-state index in [9.17, 15) is 0 Å². The molecule has 0 fully saturated rings. The lowest BCUT2D eigenvalue weighted by Crippen LogP contribution is -2.23. The van der Waals surface area contributed by atoms with E-state index in [2.05, 4.69) is 51.9 Å². The summed E-state index contributed by atoms with van der Waals surface area (Å²) in [5.74, 6) is 0.781. The van der Waals surface area contributed by atoms with Crippen LogP contribution in [-0.2, 0) is 6.54 Å². The minimum absolute atomic E-state index is 0.750. The maximum atomic E-state index is 3.90. The molecular weight excluding hydrogens is 276 g/mol. The van der Waals surface area contributed by atoms with Gasteiger partial charge >= 0.3 is 0 Å². The van der Waals surface area contributed by atoms with Gasteiger partial charge in [-0.1, -0.05) is 47.3 Å². The van der Waals surface area contributed by atoms with Crippen LogP contribution in [0, 0.1) is 0 Å². The van der Waals surface area contributed by atoms with Crippen molar-refractivity contribution >= 4 is 15.9 Å². The second kappa shape index (κ2) is 6.97. The van der Waals surface area contributed by atoms with Crippen LogP contribution in [0.3, 0.4) is 0 Å². The Morgan fingerprint density at radius 1 is 1.35 bits per heavy atom. The number of nitrogens with one attached hydrogen (secondary N) is 2. The maximum Gasteiger partial charge on any atom is 0.0957 e. The summed E-state index contributed by atoms with van der Waals surface area (Å²) in [5.41, 5.74) is 2.22. The predicted octanol–water partition coefficient (Wildman–Crippen LogP) is 3.69. The second-order valence-electron chi connectivity index (χ2n) is 3.67. The summed E-state index contributed by atoms with van der Waals surface area (Å²) < 4.78 is 1.09. The average Bonchev–Trinajstić information content (AvgIpc) is 2.28. The van der Waals surface area contributed by atoms with Gasteiger partial charge in [-0.05, 0) is 30.7 Å². The summed E-state index contributed by atoms with van der Waals surface area (Å²) in [4.78, 5) is 0. The summed E-state index contributed by atoms with van der Waals surface area (Å²) in [7, 11) is 0. The Kier molecular flexibility index (Phi) is 5.57. The van der Waals surface area contributed by atoms with E-state index in [-0.39, 0.29) is 0 Å². The minimum Gasteiger partial charge on any atom is -0.368 e. The van der Waals surface area contributed by atoms with Gasteiger partial charge in [-0.2, -0.15) is 0 Å². The van der Waals surface area contributed by atoms with Crippen molar-refractivity contribution in [1.29, 1.82) is 0 Å². The van der Waals surface area contributed by atoms with Gasteiger partial charge in [0.15, 0.2) is 0 Å². The quantitative estimate of drug-likeness (QED) is 0.782. The van der Waals surface area contributed by atoms with Crippen molar-refractivity contribution in [2.45, 2.75) is 13.5 Å². The Labute approximate surface area is 111 Å². The summed E-state index contributed by atoms with van der Waals surface area (Å²) in [6.45, 7) is 10.3. The monoisotopic (exact) mass is 292 g/mol. The fraction of sp³-hybridized carbons (Fsp3) is 0.143. The molecule has 0 heterocycles. The molecule has 0 spiro atoms. The fourth-order valence-electron chi connectivity index (χ4n) is 1.31. The molecule has 2 nitrogen and oxygen atoms in total. The van der Waals surface area contributed by atoms with Crippen molar-refractivity contribution in [3.63, 3.8) is 0 Å². The second-order valence-corrected chi connectivity index (χ2v) is 4.58. The van der Waals surface area contributed by atoms with Crippen molar-refractivity contribution in [1.82, 2.24) is 10.6 Å². The van der Waals surface area contributed by atoms with Gasteiger partial charge in [0.1, 0.15) is 0 Å². The maximum absolute atomic E-state index is 3.90. The van der Waals surface area contributed by atoms with E-state index in [4.69, 9.17) is 0 Å². The van der Waals surface area contributed by atoms with Crippen LogP contribution in [0.15, 0.2) is 65.6 Å². The zero-order valence-corrected chi connectivity index (χ0v) is 11.5. The largest absolute Gasteiger partial charge is 0.368 e. The first-order valence-corrected chi connectivity index (χ1v) is 6.14. The van der Waals surface area contributed by atoms with E-state index < -0.39 is 0 Å². The molecule has 2 N–H and O–H groups in total. The lowest BCUT2D eigenvalue weighted by Gasteiger charge is -2.12. The molecule has 3 heteroatoms. The van der Waals surface area contributed by atoms with Gasteiger partial charge in [0.05, 0.1) is 5.82 Å². The first-order chi connectivity index (χ1) is 8.11. The van der Waals surface area contributed by atoms with Crippen LogP contribution in [0.2, 0.25) is 0 Å². The molecule has 17 heavy (non-hydrogen) atoms. The van der Waals surface area contributed by atoms with Crippen molar-refractivity contribution in [3.8, 4) is 0 Å². The van der Waals surface area contributed by atoms with Crippen LogP contribution in [0.4, 0.5) is 0 Å². The number of hydrogen-bond donors (Lipinski definition) is 2. The van der Waals surface area contributed by atoms with Gasteiger partial charge in [0.2, 0.25) is 0 Å². The van der Waals surface area contributed by atoms with Crippen LogP contribution in [0.5, 0.6) is 0 Å². The fourth-order valence-corrected chi connectivity index (χ4v) is 1.58. The van der Waals surface area contributed by atoms with Crippen molar-refractivity contribution in [3.05, 3.63) is 71.1 Å². The molecule has 0 aliphatic heterocycles. The number of rotatable bonds is 6. The molecule has 0 atom stereocenters. The Morgan fingerprint density at radius 2 is 2.00 bits per heavy atom. The molecule has 0 amide bonds. The molecule has 0 saturated heterocycles. The summed E-state index contributed by atoms with van der Waals surface area (Å²) in [6, 6.07) is 8.18. The molecule has 0 unspecified atom stereocenters. The highest BCUT2D eigenvalue weighted by atomic mass is 79.9. The lowest BCUT2D eigenvalue weighted by atomic mass is 10.2. The van der Waals surface area contributed by atoms with Gasteiger partial charge in [-0.25, -0.2) is 0 Å². The number of benzene rings is 1. The molecule has 1 rings (SSSR count). The highest BCUT2D eigenvalue weighted by Crippen LogP contribution is 2.10. The Bertz CT molecular complexity index is 418. The molecule has 0 saturated carbocycles. The number of halogens is 1. The number of hydrogen-bond acceptors (Lipinski definition) is 2. The third-order valence-electron chi connectivity index (χ3n) is 2.14. The molecule has 0 bridgehead atoms. The van der Waals surface area contributed by atoms with Gasteiger partial charge in [-0.15, -0.1) is 0 Å². The Hall–Kier alpha value is -1.48. The Balaban J connectivity index is 2.40. The van der Waals surface area contributed by atoms with E-state index in [1.807, 2.05) is 25.1 Å². The van der Waals surface area contributed by atoms with E-state index in [0.717, 1.165) is 22.5 Å². The van der Waals surface area contributed by atoms with E-state index in [0.29, 0.717) is 0 Å². The smallest absolute Gasteiger partial charge is 0.0957 e. The summed E-state index contributed by atoms with van der Waals surface area (Å²) in [6.07, 6.45) is 3.64. The van der Waals surface area contributed by atoms with Crippen molar-refractivity contribution in [2.75, 3.05) is 0 Å². The van der Waals surface area contributed by atoms with Crippen LogP contribution in [-0.4, -0.2) is 0 Å². The normalized spacial score (nSPS) is 10.8. The molecule has 0 aliphatic rings. The van der Waals surface area contributed by atoms with E-state index >= 15 is 0 Å². The van der Waals surface area contributed by atoms with E-state index in [1.165, 1.54) is 5.56 Å². The van der Waals surface area contributed by atoms with Gasteiger partial charge in [0, 0.05) is 16.7 Å². The summed E-state index contributed by atoms with van der Waals surface area (Å²) in [5, 5.41) is 6.35. The molecular formula is C14H17BrN2. The molecule has 0 radical (unpaired) electrons. The first kappa shape index (κ1) is 13.6. The SMILES string of the molecule is C=C/C=C(\C)NC(=C)NCc1ccc(Br)cc1. The van der Waals surface area contributed by atoms with Crippen LogP contribution in [0.25, 0.3) is 0 Å². The van der Waals surface area contributed by atoms with Crippen LogP contribution >= 0.6 is 15.9 Å². The molecule has 0 aliphatic carbocycles. The standard InChI is InChI=1S/C14H17BrN2/c1-4-5-11(2)17-12(3)16-10-13-6-8-14(15)9-7-13/h4-9,16-17H,1,3,10H2,2H3/b11-5+. The molecule has 90 valence electrons. The molecule has 0 aromatic heterocycles. The lowest BCUT2D eigenvalue weighted by molar-refractivity contribution is 0.741. The topological polar surface area (TPSA) is 24.1 Å². The third kappa shape index (κ3) is 5.41. The first-order valence-electron chi connectivity index (χ1n) is 5.35. The highest BCUT2D eigenvalue weighted by Gasteiger charge is 1.95. The predicted molar refractivity (Wildman–Crippen MR) is 77.2 cm³/mol. The summed E-state index contributed by atoms with van der Waals surface area (Å²) >= 11 is 3.41. The molecule has 1 aromatic rings. The highest BCUT2D eigenvalue weighted by molar-refractivity contribution is 9.10. The van der Waals surface area contributed by atoms with Crippen LogP contribution in [0.1, 0.15) is 12.5 Å². The third-order valence-corrected chi connectivity index (χ3v) is 2.66. The number of allylic oxidation sites excluding steroid dienone is 3. The van der Waals surface area contributed by atoms with Crippen molar-refractivity contribution in [2.24, 2.45) is 0 Å². The van der Waals surface area contributed by atoms with Gasteiger partial charge < -0.3 is 10.6 Å². The minimum atomic E-state index is 0.750. The molecule has 1 aromatic carbocycles. The Morgan fingerprint density at radius 3 is 2.59 bits per heavy atom. The van der Waals surface area contributed by atoms with Crippen molar-refractivity contribution < 1.29 is 0 Å². The van der Waals surface area contributed by atoms with Gasteiger partial charge in [0.25, 0.3) is 0 Å². The zero-order valence-electron chi connectivity index (χ0n) is 9.96. The van der Waals surface area contributed by atoms with Crippen LogP contribution < -0.4 is 10.6 Å². The van der Waals surface area contributed by atoms with E-state index in [1.54, 1.807) is 6.08 Å². The average molecular weight is 293 g/mol.